The Balaban J connectivity index is 2.12. The van der Waals surface area contributed by atoms with Crippen molar-refractivity contribution in [3.8, 4) is 5.75 Å². The molecule has 0 aliphatic carbocycles. The van der Waals surface area contributed by atoms with Gasteiger partial charge >= 0.3 is 0 Å². The van der Waals surface area contributed by atoms with E-state index in [4.69, 9.17) is 15.2 Å². The molecule has 1 atom stereocenters. The van der Waals surface area contributed by atoms with Crippen LogP contribution in [-0.4, -0.2) is 43.7 Å². The number of hydrogen-bond donors (Lipinski definition) is 1. The summed E-state index contributed by atoms with van der Waals surface area (Å²) in [4.78, 5) is 14.2. The number of ether oxygens (including phenoxy) is 2. The minimum atomic E-state index is -0.00361. The molecule has 0 aromatic heterocycles. The molecule has 1 fully saturated rings. The molecule has 0 radical (unpaired) electrons. The van der Waals surface area contributed by atoms with Crippen molar-refractivity contribution in [1.29, 1.82) is 0 Å². The number of hydrogen-bond acceptors (Lipinski definition) is 4. The summed E-state index contributed by atoms with van der Waals surface area (Å²) in [6.07, 6.45) is 1.04. The quantitative estimate of drug-likeness (QED) is 0.841. The molecule has 0 spiro atoms. The SMILES string of the molecule is CCC1CN(C(=O)c2ccc(OC)c(N)c2)CCO1. The van der Waals surface area contributed by atoms with Gasteiger partial charge < -0.3 is 20.1 Å². The van der Waals surface area contributed by atoms with Gasteiger partial charge in [0.05, 0.1) is 25.5 Å². The smallest absolute Gasteiger partial charge is 0.254 e. The fraction of sp³-hybridized carbons (Fsp3) is 0.500. The largest absolute Gasteiger partial charge is 0.495 e. The van der Waals surface area contributed by atoms with Gasteiger partial charge in [-0.25, -0.2) is 0 Å². The second-order valence-electron chi connectivity index (χ2n) is 4.61. The lowest BCUT2D eigenvalue weighted by atomic mass is 10.1. The van der Waals surface area contributed by atoms with E-state index in [-0.39, 0.29) is 12.0 Å². The number of anilines is 1. The third-order valence-corrected chi connectivity index (χ3v) is 3.36. The lowest BCUT2D eigenvalue weighted by Crippen LogP contribution is -2.45. The van der Waals surface area contributed by atoms with Crippen molar-refractivity contribution in [2.75, 3.05) is 32.5 Å². The minimum absolute atomic E-state index is 0.00361. The van der Waals surface area contributed by atoms with Crippen LogP contribution < -0.4 is 10.5 Å². The van der Waals surface area contributed by atoms with Crippen LogP contribution in [0.15, 0.2) is 18.2 Å². The molecule has 1 aliphatic heterocycles. The number of morpholine rings is 1. The lowest BCUT2D eigenvalue weighted by molar-refractivity contribution is -0.0226. The molecule has 1 saturated heterocycles. The van der Waals surface area contributed by atoms with Gasteiger partial charge in [-0.05, 0) is 24.6 Å². The van der Waals surface area contributed by atoms with Crippen LogP contribution >= 0.6 is 0 Å². The average molecular weight is 264 g/mol. The summed E-state index contributed by atoms with van der Waals surface area (Å²) in [5.41, 5.74) is 6.91. The van der Waals surface area contributed by atoms with Gasteiger partial charge in [0.2, 0.25) is 0 Å². The summed E-state index contributed by atoms with van der Waals surface area (Å²) < 4.78 is 10.7. The van der Waals surface area contributed by atoms with Crippen molar-refractivity contribution in [2.24, 2.45) is 0 Å². The second kappa shape index (κ2) is 5.93. The van der Waals surface area contributed by atoms with E-state index in [0.29, 0.717) is 36.7 Å². The Bertz CT molecular complexity index is 462. The molecule has 0 saturated carbocycles. The van der Waals surface area contributed by atoms with E-state index in [1.165, 1.54) is 0 Å². The van der Waals surface area contributed by atoms with E-state index in [0.717, 1.165) is 6.42 Å². The first-order chi connectivity index (χ1) is 9.15. The first-order valence-electron chi connectivity index (χ1n) is 6.50. The van der Waals surface area contributed by atoms with Crippen molar-refractivity contribution in [2.45, 2.75) is 19.4 Å². The molecular weight excluding hydrogens is 244 g/mol. The van der Waals surface area contributed by atoms with Crippen LogP contribution in [0.3, 0.4) is 0 Å². The van der Waals surface area contributed by atoms with Gasteiger partial charge in [0.25, 0.3) is 5.91 Å². The molecule has 5 heteroatoms. The fourth-order valence-corrected chi connectivity index (χ4v) is 2.20. The molecule has 104 valence electrons. The van der Waals surface area contributed by atoms with E-state index >= 15 is 0 Å². The maximum absolute atomic E-state index is 12.4. The molecule has 1 aromatic rings. The summed E-state index contributed by atoms with van der Waals surface area (Å²) in [5, 5.41) is 0. The Kier molecular flexibility index (Phi) is 4.27. The highest BCUT2D eigenvalue weighted by molar-refractivity contribution is 5.95. The van der Waals surface area contributed by atoms with Crippen LogP contribution in [0.1, 0.15) is 23.7 Å². The first-order valence-corrected chi connectivity index (χ1v) is 6.50. The highest BCUT2D eigenvalue weighted by Crippen LogP contribution is 2.23. The van der Waals surface area contributed by atoms with E-state index in [1.807, 2.05) is 4.90 Å². The topological polar surface area (TPSA) is 64.8 Å². The highest BCUT2D eigenvalue weighted by Gasteiger charge is 2.24. The van der Waals surface area contributed by atoms with Crippen LogP contribution in [0, 0.1) is 0 Å². The summed E-state index contributed by atoms with van der Waals surface area (Å²) in [6, 6.07) is 5.13. The summed E-state index contributed by atoms with van der Waals surface area (Å²) in [6.45, 7) is 3.92. The van der Waals surface area contributed by atoms with Crippen molar-refractivity contribution >= 4 is 11.6 Å². The summed E-state index contributed by atoms with van der Waals surface area (Å²) in [7, 11) is 1.56. The molecule has 19 heavy (non-hydrogen) atoms. The van der Waals surface area contributed by atoms with Crippen LogP contribution in [0.4, 0.5) is 5.69 Å². The van der Waals surface area contributed by atoms with Crippen molar-refractivity contribution in [3.05, 3.63) is 23.8 Å². The van der Waals surface area contributed by atoms with E-state index in [2.05, 4.69) is 6.92 Å². The molecular formula is C14H20N2O3. The van der Waals surface area contributed by atoms with Crippen molar-refractivity contribution < 1.29 is 14.3 Å². The van der Waals surface area contributed by atoms with Gasteiger partial charge in [0, 0.05) is 18.7 Å². The molecule has 0 bridgehead atoms. The normalized spacial score (nSPS) is 19.3. The molecule has 1 heterocycles. The average Bonchev–Trinajstić information content (AvgIpc) is 2.46. The molecule has 1 aromatic carbocycles. The second-order valence-corrected chi connectivity index (χ2v) is 4.61. The molecule has 1 amide bonds. The van der Waals surface area contributed by atoms with E-state index < -0.39 is 0 Å². The zero-order valence-electron chi connectivity index (χ0n) is 11.4. The lowest BCUT2D eigenvalue weighted by Gasteiger charge is -2.32. The Labute approximate surface area is 113 Å². The van der Waals surface area contributed by atoms with Gasteiger partial charge in [-0.3, -0.25) is 4.79 Å². The summed E-state index contributed by atoms with van der Waals surface area (Å²) >= 11 is 0. The first kappa shape index (κ1) is 13.7. The maximum atomic E-state index is 12.4. The zero-order valence-corrected chi connectivity index (χ0v) is 11.4. The van der Waals surface area contributed by atoms with E-state index in [1.54, 1.807) is 25.3 Å². The van der Waals surface area contributed by atoms with Crippen LogP contribution in [0.5, 0.6) is 5.75 Å². The molecule has 1 unspecified atom stereocenters. The standard InChI is InChI=1S/C14H20N2O3/c1-3-11-9-16(6-7-19-11)14(17)10-4-5-13(18-2)12(15)8-10/h4-5,8,11H,3,6-7,9,15H2,1-2H3. The van der Waals surface area contributed by atoms with Gasteiger partial charge in [0.1, 0.15) is 5.75 Å². The van der Waals surface area contributed by atoms with Gasteiger partial charge in [0.15, 0.2) is 0 Å². The number of nitrogen functional groups attached to an aromatic ring is 1. The van der Waals surface area contributed by atoms with Crippen LogP contribution in [0.2, 0.25) is 0 Å². The number of nitrogens with zero attached hydrogens (tertiary/aromatic N) is 1. The Hall–Kier alpha value is -1.75. The zero-order chi connectivity index (χ0) is 13.8. The molecule has 2 rings (SSSR count). The highest BCUT2D eigenvalue weighted by atomic mass is 16.5. The van der Waals surface area contributed by atoms with E-state index in [9.17, 15) is 4.79 Å². The van der Waals surface area contributed by atoms with Crippen LogP contribution in [0.25, 0.3) is 0 Å². The monoisotopic (exact) mass is 264 g/mol. The van der Waals surface area contributed by atoms with Crippen molar-refractivity contribution in [3.63, 3.8) is 0 Å². The Morgan fingerprint density at radius 1 is 1.58 bits per heavy atom. The number of amides is 1. The van der Waals surface area contributed by atoms with Gasteiger partial charge in [-0.15, -0.1) is 0 Å². The third-order valence-electron chi connectivity index (χ3n) is 3.36. The number of benzene rings is 1. The fourth-order valence-electron chi connectivity index (χ4n) is 2.20. The van der Waals surface area contributed by atoms with Crippen LogP contribution in [-0.2, 0) is 4.74 Å². The Morgan fingerprint density at radius 3 is 3.00 bits per heavy atom. The number of rotatable bonds is 3. The maximum Gasteiger partial charge on any atom is 0.254 e. The molecule has 2 N–H and O–H groups in total. The van der Waals surface area contributed by atoms with Gasteiger partial charge in [-0.1, -0.05) is 6.92 Å². The van der Waals surface area contributed by atoms with Crippen molar-refractivity contribution in [1.82, 2.24) is 4.90 Å². The number of methoxy groups -OCH3 is 1. The Morgan fingerprint density at radius 2 is 2.37 bits per heavy atom. The predicted octanol–water partition coefficient (Wildman–Crippen LogP) is 1.53. The molecule has 1 aliphatic rings. The predicted molar refractivity (Wildman–Crippen MR) is 73.3 cm³/mol. The van der Waals surface area contributed by atoms with Gasteiger partial charge in [-0.2, -0.15) is 0 Å². The molecule has 5 nitrogen and oxygen atoms in total. The third kappa shape index (κ3) is 2.98. The number of carbonyl (C=O) groups excluding carboxylic acids is 1. The number of carbonyl (C=O) groups is 1. The number of nitrogens with two attached hydrogens (primary N) is 1. The minimum Gasteiger partial charge on any atom is -0.495 e. The summed E-state index contributed by atoms with van der Waals surface area (Å²) in [5.74, 6) is 0.584.